The molecular formula is C25H30N4O4. The highest BCUT2D eigenvalue weighted by Gasteiger charge is 2.31. The van der Waals surface area contributed by atoms with Gasteiger partial charge in [0.2, 0.25) is 17.7 Å². The summed E-state index contributed by atoms with van der Waals surface area (Å²) >= 11 is 0. The SMILES string of the molecule is C=CC(=O)NCCN(C(=O)CNC(=O)c1ccccc1)C(C(=O)NC)c1cc(C)cc(C)c1. The number of likely N-dealkylation sites (N-methyl/N-ethyl adjacent to an activating group) is 1. The highest BCUT2D eigenvalue weighted by Crippen LogP contribution is 2.24. The molecule has 1 atom stereocenters. The van der Waals surface area contributed by atoms with E-state index in [-0.39, 0.29) is 31.4 Å². The molecule has 33 heavy (non-hydrogen) atoms. The monoisotopic (exact) mass is 450 g/mol. The fourth-order valence-corrected chi connectivity index (χ4v) is 3.50. The van der Waals surface area contributed by atoms with E-state index in [1.54, 1.807) is 30.3 Å². The third-order valence-electron chi connectivity index (χ3n) is 4.96. The van der Waals surface area contributed by atoms with E-state index in [1.807, 2.05) is 32.0 Å². The van der Waals surface area contributed by atoms with Crippen LogP contribution < -0.4 is 16.0 Å². The molecule has 2 aromatic carbocycles. The standard InChI is InChI=1S/C25H30N4O4/c1-5-21(30)27-11-12-29(22(31)16-28-24(32)19-9-7-6-8-10-19)23(25(33)26-4)20-14-17(2)13-18(3)15-20/h5-10,13-15,23H,1,11-12,16H2,2-4H3,(H,26,33)(H,27,30)(H,28,32). The van der Waals surface area contributed by atoms with Gasteiger partial charge in [-0.25, -0.2) is 0 Å². The zero-order valence-corrected chi connectivity index (χ0v) is 19.2. The van der Waals surface area contributed by atoms with E-state index >= 15 is 0 Å². The topological polar surface area (TPSA) is 108 Å². The first-order valence-electron chi connectivity index (χ1n) is 10.6. The first kappa shape index (κ1) is 25.3. The van der Waals surface area contributed by atoms with Crippen LogP contribution in [0, 0.1) is 13.8 Å². The van der Waals surface area contributed by atoms with Crippen molar-refractivity contribution in [3.8, 4) is 0 Å². The molecule has 0 spiro atoms. The van der Waals surface area contributed by atoms with Crippen LogP contribution in [0.4, 0.5) is 0 Å². The second kappa shape index (κ2) is 12.2. The van der Waals surface area contributed by atoms with Gasteiger partial charge in [-0.2, -0.15) is 0 Å². The average Bonchev–Trinajstić information content (AvgIpc) is 2.81. The minimum Gasteiger partial charge on any atom is -0.357 e. The maximum Gasteiger partial charge on any atom is 0.251 e. The van der Waals surface area contributed by atoms with Crippen molar-refractivity contribution in [1.29, 1.82) is 0 Å². The van der Waals surface area contributed by atoms with E-state index in [9.17, 15) is 19.2 Å². The molecule has 0 aromatic heterocycles. The fourth-order valence-electron chi connectivity index (χ4n) is 3.50. The lowest BCUT2D eigenvalue weighted by Crippen LogP contribution is -2.49. The lowest BCUT2D eigenvalue weighted by Gasteiger charge is -2.31. The van der Waals surface area contributed by atoms with Crippen LogP contribution in [-0.4, -0.2) is 55.2 Å². The van der Waals surface area contributed by atoms with Gasteiger partial charge >= 0.3 is 0 Å². The van der Waals surface area contributed by atoms with E-state index in [0.717, 1.165) is 17.2 Å². The molecule has 0 bridgehead atoms. The number of carbonyl (C=O) groups excluding carboxylic acids is 4. The van der Waals surface area contributed by atoms with Crippen molar-refractivity contribution in [2.45, 2.75) is 19.9 Å². The second-order valence-corrected chi connectivity index (χ2v) is 7.57. The van der Waals surface area contributed by atoms with Crippen molar-refractivity contribution in [1.82, 2.24) is 20.9 Å². The summed E-state index contributed by atoms with van der Waals surface area (Å²) in [4.78, 5) is 51.5. The first-order chi connectivity index (χ1) is 15.8. The van der Waals surface area contributed by atoms with Gasteiger partial charge in [0.15, 0.2) is 0 Å². The zero-order valence-electron chi connectivity index (χ0n) is 19.2. The predicted octanol–water partition coefficient (Wildman–Crippen LogP) is 1.65. The van der Waals surface area contributed by atoms with Gasteiger partial charge in [0.1, 0.15) is 6.04 Å². The van der Waals surface area contributed by atoms with Crippen LogP contribution in [0.1, 0.15) is 33.1 Å². The molecule has 0 aliphatic heterocycles. The van der Waals surface area contributed by atoms with Crippen LogP contribution >= 0.6 is 0 Å². The molecule has 2 aromatic rings. The summed E-state index contributed by atoms with van der Waals surface area (Å²) in [6, 6.07) is 13.3. The quantitative estimate of drug-likeness (QED) is 0.479. The van der Waals surface area contributed by atoms with Gasteiger partial charge < -0.3 is 20.9 Å². The maximum absolute atomic E-state index is 13.2. The van der Waals surface area contributed by atoms with Crippen molar-refractivity contribution in [2.75, 3.05) is 26.7 Å². The molecule has 0 heterocycles. The Kier molecular flexibility index (Phi) is 9.35. The molecule has 0 saturated carbocycles. The van der Waals surface area contributed by atoms with Gasteiger partial charge in [-0.3, -0.25) is 19.2 Å². The Morgan fingerprint density at radius 1 is 1.00 bits per heavy atom. The van der Waals surface area contributed by atoms with E-state index in [4.69, 9.17) is 0 Å². The average molecular weight is 451 g/mol. The number of carbonyl (C=O) groups is 4. The Labute approximate surface area is 194 Å². The van der Waals surface area contributed by atoms with Crippen molar-refractivity contribution in [3.05, 3.63) is 83.4 Å². The van der Waals surface area contributed by atoms with Crippen molar-refractivity contribution in [2.24, 2.45) is 0 Å². The minimum atomic E-state index is -0.935. The number of nitrogens with zero attached hydrogens (tertiary/aromatic N) is 1. The fraction of sp³-hybridized carbons (Fsp3) is 0.280. The van der Waals surface area contributed by atoms with Gasteiger partial charge in [-0.15, -0.1) is 0 Å². The molecule has 174 valence electrons. The Morgan fingerprint density at radius 3 is 2.21 bits per heavy atom. The van der Waals surface area contributed by atoms with Crippen LogP contribution in [0.25, 0.3) is 0 Å². The third-order valence-corrected chi connectivity index (χ3v) is 4.96. The number of amides is 4. The number of rotatable bonds is 10. The zero-order chi connectivity index (χ0) is 24.4. The van der Waals surface area contributed by atoms with E-state index < -0.39 is 17.9 Å². The Balaban J connectivity index is 2.31. The number of hydrogen-bond acceptors (Lipinski definition) is 4. The van der Waals surface area contributed by atoms with E-state index in [0.29, 0.717) is 11.1 Å². The van der Waals surface area contributed by atoms with Crippen molar-refractivity contribution < 1.29 is 19.2 Å². The molecule has 3 N–H and O–H groups in total. The van der Waals surface area contributed by atoms with Gasteiger partial charge in [-0.1, -0.05) is 54.1 Å². The molecule has 0 radical (unpaired) electrons. The Bertz CT molecular complexity index is 1000. The van der Waals surface area contributed by atoms with Gasteiger partial charge in [-0.05, 0) is 37.6 Å². The van der Waals surface area contributed by atoms with Crippen LogP contribution in [0.3, 0.4) is 0 Å². The lowest BCUT2D eigenvalue weighted by molar-refractivity contribution is -0.140. The molecule has 0 aliphatic carbocycles. The van der Waals surface area contributed by atoms with Gasteiger partial charge in [0, 0.05) is 25.7 Å². The number of benzene rings is 2. The molecule has 4 amide bonds. The number of hydrogen-bond donors (Lipinski definition) is 3. The smallest absolute Gasteiger partial charge is 0.251 e. The van der Waals surface area contributed by atoms with Crippen LogP contribution in [0.15, 0.2) is 61.2 Å². The molecule has 0 fully saturated rings. The van der Waals surface area contributed by atoms with Crippen LogP contribution in [0.2, 0.25) is 0 Å². The van der Waals surface area contributed by atoms with Crippen LogP contribution in [0.5, 0.6) is 0 Å². The lowest BCUT2D eigenvalue weighted by atomic mass is 9.99. The summed E-state index contributed by atoms with van der Waals surface area (Å²) in [6.07, 6.45) is 1.13. The molecule has 0 saturated heterocycles. The largest absolute Gasteiger partial charge is 0.357 e. The van der Waals surface area contributed by atoms with E-state index in [1.165, 1.54) is 11.9 Å². The normalized spacial score (nSPS) is 11.1. The Hall–Kier alpha value is -3.94. The number of nitrogens with one attached hydrogen (secondary N) is 3. The predicted molar refractivity (Wildman–Crippen MR) is 126 cm³/mol. The molecule has 1 unspecified atom stereocenters. The highest BCUT2D eigenvalue weighted by atomic mass is 16.2. The Morgan fingerprint density at radius 2 is 1.64 bits per heavy atom. The summed E-state index contributed by atoms with van der Waals surface area (Å²) in [5, 5.41) is 7.85. The molecular weight excluding hydrogens is 420 g/mol. The summed E-state index contributed by atoms with van der Waals surface area (Å²) in [6.45, 7) is 7.10. The summed E-state index contributed by atoms with van der Waals surface area (Å²) < 4.78 is 0. The van der Waals surface area contributed by atoms with Crippen molar-refractivity contribution >= 4 is 23.6 Å². The minimum absolute atomic E-state index is 0.0602. The molecule has 0 aliphatic rings. The van der Waals surface area contributed by atoms with Crippen LogP contribution in [-0.2, 0) is 14.4 Å². The third kappa shape index (κ3) is 7.31. The van der Waals surface area contributed by atoms with Crippen molar-refractivity contribution in [3.63, 3.8) is 0 Å². The van der Waals surface area contributed by atoms with Gasteiger partial charge in [0.25, 0.3) is 5.91 Å². The molecule has 8 nitrogen and oxygen atoms in total. The van der Waals surface area contributed by atoms with E-state index in [2.05, 4.69) is 22.5 Å². The molecule has 8 heteroatoms. The molecule has 2 rings (SSSR count). The summed E-state index contributed by atoms with van der Waals surface area (Å²) in [5.74, 6) is -1.62. The highest BCUT2D eigenvalue weighted by molar-refractivity contribution is 5.97. The second-order valence-electron chi connectivity index (χ2n) is 7.57. The maximum atomic E-state index is 13.2. The summed E-state index contributed by atoms with van der Waals surface area (Å²) in [5.41, 5.74) is 2.96. The number of aryl methyl sites for hydroxylation is 2. The summed E-state index contributed by atoms with van der Waals surface area (Å²) in [7, 11) is 1.50. The van der Waals surface area contributed by atoms with Gasteiger partial charge in [0.05, 0.1) is 6.54 Å². The first-order valence-corrected chi connectivity index (χ1v) is 10.6.